The van der Waals surface area contributed by atoms with Crippen LogP contribution in [0.25, 0.3) is 10.2 Å². The minimum Gasteiger partial charge on any atom is -0.353 e. The average molecular weight is 362 g/mol. The summed E-state index contributed by atoms with van der Waals surface area (Å²) >= 11 is 1.48. The molecule has 1 aliphatic rings. The summed E-state index contributed by atoms with van der Waals surface area (Å²) in [6.07, 6.45) is 2.07. The van der Waals surface area contributed by atoms with Gasteiger partial charge in [0, 0.05) is 32.7 Å². The monoisotopic (exact) mass is 361 g/mol. The minimum absolute atomic E-state index is 0.0101. The maximum atomic E-state index is 12.6. The van der Waals surface area contributed by atoms with Crippen LogP contribution in [0.5, 0.6) is 0 Å². The second kappa shape index (κ2) is 7.66. The lowest BCUT2D eigenvalue weighted by atomic mass is 10.1. The first-order valence-electron chi connectivity index (χ1n) is 9.00. The van der Waals surface area contributed by atoms with Gasteiger partial charge in [-0.05, 0) is 32.9 Å². The van der Waals surface area contributed by atoms with E-state index < -0.39 is 0 Å². The Balaban J connectivity index is 1.96. The summed E-state index contributed by atoms with van der Waals surface area (Å²) in [4.78, 5) is 28.2. The molecule has 1 saturated heterocycles. The number of aryl methyl sites for hydroxylation is 2. The average Bonchev–Trinajstić information content (AvgIpc) is 2.91. The molecule has 1 amide bonds. The highest BCUT2D eigenvalue weighted by atomic mass is 32.1. The number of nitrogens with one attached hydrogen (secondary N) is 1. The van der Waals surface area contributed by atoms with Crippen LogP contribution in [0.15, 0.2) is 0 Å². The zero-order valence-corrected chi connectivity index (χ0v) is 16.4. The normalized spacial score (nSPS) is 15.8. The van der Waals surface area contributed by atoms with E-state index in [0.717, 1.165) is 77.9 Å². The Morgan fingerprint density at radius 1 is 1.20 bits per heavy atom. The van der Waals surface area contributed by atoms with E-state index in [4.69, 9.17) is 4.98 Å². The molecule has 0 bridgehead atoms. The quantitative estimate of drug-likeness (QED) is 0.830. The largest absolute Gasteiger partial charge is 0.353 e. The summed E-state index contributed by atoms with van der Waals surface area (Å²) in [6, 6.07) is 0. The molecule has 2 aromatic rings. The summed E-state index contributed by atoms with van der Waals surface area (Å²) in [5.74, 6) is 1.76. The number of anilines is 1. The Morgan fingerprint density at radius 3 is 2.60 bits per heavy atom. The van der Waals surface area contributed by atoms with Gasteiger partial charge in [-0.15, -0.1) is 11.3 Å². The molecule has 0 aliphatic carbocycles. The molecule has 0 unspecified atom stereocenters. The highest BCUT2D eigenvalue weighted by Gasteiger charge is 2.24. The summed E-state index contributed by atoms with van der Waals surface area (Å²) in [5.41, 5.74) is 1.00. The van der Waals surface area contributed by atoms with Crippen LogP contribution in [0.1, 0.15) is 40.8 Å². The van der Waals surface area contributed by atoms with E-state index in [0.29, 0.717) is 0 Å². The Morgan fingerprint density at radius 2 is 1.92 bits per heavy atom. The molecule has 0 atom stereocenters. The van der Waals surface area contributed by atoms with Gasteiger partial charge in [0.05, 0.1) is 10.3 Å². The number of piperazine rings is 1. The van der Waals surface area contributed by atoms with Crippen molar-refractivity contribution < 1.29 is 4.79 Å². The summed E-state index contributed by atoms with van der Waals surface area (Å²) in [7, 11) is 2.15. The van der Waals surface area contributed by atoms with Crippen molar-refractivity contribution >= 4 is 33.3 Å². The molecule has 1 aliphatic heterocycles. The number of carbonyl (C=O) groups excluding carboxylic acids is 1. The summed E-state index contributed by atoms with van der Waals surface area (Å²) < 4.78 is 0. The van der Waals surface area contributed by atoms with Gasteiger partial charge in [0.2, 0.25) is 0 Å². The number of rotatable bonds is 5. The number of nitrogens with zero attached hydrogens (tertiary/aromatic N) is 4. The van der Waals surface area contributed by atoms with Crippen molar-refractivity contribution in [2.45, 2.75) is 33.6 Å². The van der Waals surface area contributed by atoms with E-state index in [-0.39, 0.29) is 5.91 Å². The SMILES string of the molecule is CCCCNC(=O)c1sc2nc(C)nc(N3CCN(C)CC3)c2c1C. The van der Waals surface area contributed by atoms with Gasteiger partial charge in [-0.1, -0.05) is 13.3 Å². The van der Waals surface area contributed by atoms with E-state index in [1.54, 1.807) is 0 Å². The van der Waals surface area contributed by atoms with Gasteiger partial charge in [-0.2, -0.15) is 0 Å². The van der Waals surface area contributed by atoms with Crippen LogP contribution < -0.4 is 10.2 Å². The standard InChI is InChI=1S/C18H27N5OS/c1-5-6-7-19-17(24)15-12(2)14-16(20-13(3)21-18(14)25-15)23-10-8-22(4)9-11-23/h5-11H2,1-4H3,(H,19,24). The maximum Gasteiger partial charge on any atom is 0.261 e. The van der Waals surface area contributed by atoms with Crippen LogP contribution >= 0.6 is 11.3 Å². The minimum atomic E-state index is 0.0101. The summed E-state index contributed by atoms with van der Waals surface area (Å²) in [6.45, 7) is 10.7. The van der Waals surface area contributed by atoms with Crippen LogP contribution in [0.2, 0.25) is 0 Å². The molecule has 3 heterocycles. The molecule has 1 N–H and O–H groups in total. The molecule has 0 aromatic carbocycles. The van der Waals surface area contributed by atoms with Gasteiger partial charge in [-0.3, -0.25) is 4.79 Å². The first-order valence-corrected chi connectivity index (χ1v) is 9.82. The third kappa shape index (κ3) is 3.77. The lowest BCUT2D eigenvalue weighted by Gasteiger charge is -2.33. The Bertz CT molecular complexity index is 764. The zero-order valence-electron chi connectivity index (χ0n) is 15.6. The van der Waals surface area contributed by atoms with E-state index in [9.17, 15) is 4.79 Å². The molecule has 6 nitrogen and oxygen atoms in total. The van der Waals surface area contributed by atoms with Gasteiger partial charge in [-0.25, -0.2) is 9.97 Å². The van der Waals surface area contributed by atoms with E-state index in [1.165, 1.54) is 11.3 Å². The zero-order chi connectivity index (χ0) is 18.0. The Kier molecular flexibility index (Phi) is 5.54. The fourth-order valence-corrected chi connectivity index (χ4v) is 4.28. The smallest absolute Gasteiger partial charge is 0.261 e. The second-order valence-electron chi connectivity index (χ2n) is 6.73. The molecule has 0 radical (unpaired) electrons. The molecule has 7 heteroatoms. The number of hydrogen-bond donors (Lipinski definition) is 1. The topological polar surface area (TPSA) is 61.4 Å². The molecular weight excluding hydrogens is 334 g/mol. The molecular formula is C18H27N5OS. The predicted molar refractivity (Wildman–Crippen MR) is 104 cm³/mol. The highest BCUT2D eigenvalue weighted by molar-refractivity contribution is 7.20. The molecule has 136 valence electrons. The lowest BCUT2D eigenvalue weighted by Crippen LogP contribution is -2.45. The van der Waals surface area contributed by atoms with Crippen molar-refractivity contribution in [3.63, 3.8) is 0 Å². The third-order valence-electron chi connectivity index (χ3n) is 4.71. The van der Waals surface area contributed by atoms with Crippen LogP contribution in [0.3, 0.4) is 0 Å². The number of unbranched alkanes of at least 4 members (excludes halogenated alkanes) is 1. The fourth-order valence-electron chi connectivity index (χ4n) is 3.14. The van der Waals surface area contributed by atoms with Crippen molar-refractivity contribution in [2.24, 2.45) is 0 Å². The number of fused-ring (bicyclic) bond motifs is 1. The molecule has 2 aromatic heterocycles. The van der Waals surface area contributed by atoms with Crippen molar-refractivity contribution in [1.29, 1.82) is 0 Å². The second-order valence-corrected chi connectivity index (χ2v) is 7.73. The van der Waals surface area contributed by atoms with Crippen LogP contribution in [0, 0.1) is 13.8 Å². The van der Waals surface area contributed by atoms with Crippen molar-refractivity contribution in [3.05, 3.63) is 16.3 Å². The Labute approximate surface area is 153 Å². The van der Waals surface area contributed by atoms with Crippen molar-refractivity contribution in [1.82, 2.24) is 20.2 Å². The van der Waals surface area contributed by atoms with Gasteiger partial charge in [0.1, 0.15) is 16.5 Å². The van der Waals surface area contributed by atoms with E-state index >= 15 is 0 Å². The van der Waals surface area contributed by atoms with E-state index in [2.05, 4.69) is 34.1 Å². The molecule has 3 rings (SSSR count). The number of amides is 1. The van der Waals surface area contributed by atoms with Gasteiger partial charge >= 0.3 is 0 Å². The summed E-state index contributed by atoms with van der Waals surface area (Å²) in [5, 5.41) is 4.07. The van der Waals surface area contributed by atoms with Gasteiger partial charge < -0.3 is 15.1 Å². The van der Waals surface area contributed by atoms with Crippen LogP contribution in [0.4, 0.5) is 5.82 Å². The number of aromatic nitrogens is 2. The number of hydrogen-bond acceptors (Lipinski definition) is 6. The number of carbonyl (C=O) groups is 1. The van der Waals surface area contributed by atoms with Crippen molar-refractivity contribution in [2.75, 3.05) is 44.7 Å². The fraction of sp³-hybridized carbons (Fsp3) is 0.611. The Hall–Kier alpha value is -1.73. The number of thiophene rings is 1. The lowest BCUT2D eigenvalue weighted by molar-refractivity contribution is 0.0957. The maximum absolute atomic E-state index is 12.6. The van der Waals surface area contributed by atoms with Gasteiger partial charge in [0.25, 0.3) is 5.91 Å². The molecule has 1 fully saturated rings. The van der Waals surface area contributed by atoms with Crippen molar-refractivity contribution in [3.8, 4) is 0 Å². The first-order chi connectivity index (χ1) is 12.0. The van der Waals surface area contributed by atoms with Crippen LogP contribution in [-0.4, -0.2) is 60.5 Å². The first kappa shape index (κ1) is 18.1. The third-order valence-corrected chi connectivity index (χ3v) is 5.89. The number of likely N-dealkylation sites (N-methyl/N-ethyl adjacent to an activating group) is 1. The molecule has 0 spiro atoms. The van der Waals surface area contributed by atoms with Crippen LogP contribution in [-0.2, 0) is 0 Å². The van der Waals surface area contributed by atoms with Gasteiger partial charge in [0.15, 0.2) is 0 Å². The molecule has 25 heavy (non-hydrogen) atoms. The highest BCUT2D eigenvalue weighted by Crippen LogP contribution is 2.35. The van der Waals surface area contributed by atoms with E-state index in [1.807, 2.05) is 13.8 Å². The predicted octanol–water partition coefficient (Wildman–Crippen LogP) is 2.59. The molecule has 0 saturated carbocycles.